The summed E-state index contributed by atoms with van der Waals surface area (Å²) in [7, 11) is -4.19. The van der Waals surface area contributed by atoms with Gasteiger partial charge in [0.1, 0.15) is 12.6 Å². The Kier molecular flexibility index (Phi) is 10.7. The van der Waals surface area contributed by atoms with Crippen LogP contribution < -0.4 is 9.62 Å². The molecule has 0 unspecified atom stereocenters. The third-order valence-corrected chi connectivity index (χ3v) is 8.75. The molecule has 3 aromatic rings. The van der Waals surface area contributed by atoms with Crippen molar-refractivity contribution in [1.29, 1.82) is 0 Å². The highest BCUT2D eigenvalue weighted by molar-refractivity contribution is 7.92. The fourth-order valence-electron chi connectivity index (χ4n) is 3.90. The summed E-state index contributed by atoms with van der Waals surface area (Å²) in [5.41, 5.74) is 1.56. The Hall–Kier alpha value is -2.78. The van der Waals surface area contributed by atoms with E-state index in [2.05, 4.69) is 5.32 Å². The predicted octanol–water partition coefficient (Wildman–Crippen LogP) is 6.09. The minimum Gasteiger partial charge on any atom is -0.354 e. The van der Waals surface area contributed by atoms with E-state index in [1.165, 1.54) is 29.2 Å². The lowest BCUT2D eigenvalue weighted by Gasteiger charge is -2.32. The number of benzene rings is 3. The summed E-state index contributed by atoms with van der Waals surface area (Å²) in [5.74, 6) is -0.945. The Morgan fingerprint density at radius 3 is 2.21 bits per heavy atom. The first kappa shape index (κ1) is 30.8. The van der Waals surface area contributed by atoms with E-state index in [4.69, 9.17) is 34.8 Å². The molecule has 0 fully saturated rings. The quantitative estimate of drug-likeness (QED) is 0.285. The smallest absolute Gasteiger partial charge is 0.264 e. The van der Waals surface area contributed by atoms with Gasteiger partial charge in [-0.15, -0.1) is 0 Å². The number of carbonyl (C=O) groups excluding carboxylic acids is 2. The molecule has 0 aliphatic heterocycles. The van der Waals surface area contributed by atoms with Crippen LogP contribution >= 0.6 is 34.8 Å². The zero-order valence-corrected chi connectivity index (χ0v) is 24.9. The molecule has 2 amide bonds. The van der Waals surface area contributed by atoms with Crippen LogP contribution in [0.2, 0.25) is 15.1 Å². The van der Waals surface area contributed by atoms with Crippen LogP contribution in [0.1, 0.15) is 31.4 Å². The van der Waals surface area contributed by atoms with Crippen molar-refractivity contribution in [3.8, 4) is 0 Å². The second kappa shape index (κ2) is 13.5. The average molecular weight is 611 g/mol. The first-order valence-corrected chi connectivity index (χ1v) is 14.9. The third kappa shape index (κ3) is 7.66. The van der Waals surface area contributed by atoms with Gasteiger partial charge in [0.15, 0.2) is 0 Å². The van der Waals surface area contributed by atoms with Gasteiger partial charge in [0.05, 0.1) is 10.6 Å². The highest BCUT2D eigenvalue weighted by Crippen LogP contribution is 2.29. The molecule has 3 aromatic carbocycles. The van der Waals surface area contributed by atoms with Gasteiger partial charge >= 0.3 is 0 Å². The number of sulfonamides is 1. The molecule has 11 heteroatoms. The Morgan fingerprint density at radius 2 is 1.59 bits per heavy atom. The van der Waals surface area contributed by atoms with Gasteiger partial charge < -0.3 is 10.2 Å². The van der Waals surface area contributed by atoms with Gasteiger partial charge in [-0.3, -0.25) is 13.9 Å². The Morgan fingerprint density at radius 1 is 0.949 bits per heavy atom. The molecule has 0 heterocycles. The molecule has 0 aliphatic rings. The van der Waals surface area contributed by atoms with Crippen LogP contribution in [0, 0.1) is 6.92 Å². The highest BCUT2D eigenvalue weighted by Gasteiger charge is 2.33. The number of hydrogen-bond donors (Lipinski definition) is 1. The normalized spacial score (nSPS) is 12.1. The molecule has 0 spiro atoms. The molecule has 0 saturated carbocycles. The standard InChI is InChI=1S/C28H30Cl3N3O4S/c1-4-15-32-28(36)20(3)33(17-21-9-10-23(30)16-25(21)31)27(35)18-34(26-8-6-5-7-19(26)2)39(37,38)24-13-11-22(29)12-14-24/h5-14,16,20H,4,15,17-18H2,1-3H3,(H,32,36)/t20-/m1/s1. The lowest BCUT2D eigenvalue weighted by molar-refractivity contribution is -0.139. The van der Waals surface area contributed by atoms with Crippen molar-refractivity contribution in [2.75, 3.05) is 17.4 Å². The first-order valence-electron chi connectivity index (χ1n) is 12.3. The first-order chi connectivity index (χ1) is 18.4. The van der Waals surface area contributed by atoms with Crippen LogP contribution in [0.3, 0.4) is 0 Å². The summed E-state index contributed by atoms with van der Waals surface area (Å²) in [4.78, 5) is 28.2. The second-order valence-electron chi connectivity index (χ2n) is 8.98. The van der Waals surface area contributed by atoms with E-state index in [-0.39, 0.29) is 17.3 Å². The third-order valence-electron chi connectivity index (χ3n) is 6.14. The maximum absolute atomic E-state index is 13.9. The number of nitrogens with one attached hydrogen (secondary N) is 1. The van der Waals surface area contributed by atoms with Gasteiger partial charge in [0.2, 0.25) is 11.8 Å². The van der Waals surface area contributed by atoms with Crippen molar-refractivity contribution >= 4 is 62.3 Å². The monoisotopic (exact) mass is 609 g/mol. The number of anilines is 1. The summed E-state index contributed by atoms with van der Waals surface area (Å²) in [5, 5.41) is 3.93. The summed E-state index contributed by atoms with van der Waals surface area (Å²) in [6.45, 7) is 5.13. The molecule has 39 heavy (non-hydrogen) atoms. The van der Waals surface area contributed by atoms with Gasteiger partial charge in [0.25, 0.3) is 10.0 Å². The van der Waals surface area contributed by atoms with Crippen molar-refractivity contribution in [2.45, 2.75) is 44.7 Å². The van der Waals surface area contributed by atoms with E-state index in [0.717, 1.165) is 10.7 Å². The van der Waals surface area contributed by atoms with E-state index in [1.807, 2.05) is 6.92 Å². The van der Waals surface area contributed by atoms with Gasteiger partial charge in [-0.1, -0.05) is 66.0 Å². The summed E-state index contributed by atoms with van der Waals surface area (Å²) < 4.78 is 28.7. The van der Waals surface area contributed by atoms with Crippen molar-refractivity contribution < 1.29 is 18.0 Å². The number of halogens is 3. The molecule has 7 nitrogen and oxygen atoms in total. The highest BCUT2D eigenvalue weighted by atomic mass is 35.5. The number of para-hydroxylation sites is 1. The predicted molar refractivity (Wildman–Crippen MR) is 157 cm³/mol. The van der Waals surface area contributed by atoms with E-state index >= 15 is 0 Å². The number of nitrogens with zero attached hydrogens (tertiary/aromatic N) is 2. The van der Waals surface area contributed by atoms with Crippen LogP contribution in [0.5, 0.6) is 0 Å². The second-order valence-corrected chi connectivity index (χ2v) is 12.1. The maximum atomic E-state index is 13.9. The van der Waals surface area contributed by atoms with Crippen LogP contribution in [-0.4, -0.2) is 44.3 Å². The van der Waals surface area contributed by atoms with Crippen molar-refractivity contribution in [2.24, 2.45) is 0 Å². The average Bonchev–Trinajstić information content (AvgIpc) is 2.90. The molecule has 1 N–H and O–H groups in total. The zero-order chi connectivity index (χ0) is 28.7. The SMILES string of the molecule is CCCNC(=O)[C@@H](C)N(Cc1ccc(Cl)cc1Cl)C(=O)CN(c1ccccc1C)S(=O)(=O)c1ccc(Cl)cc1. The molecule has 1 atom stereocenters. The largest absolute Gasteiger partial charge is 0.354 e. The van der Waals surface area contributed by atoms with Crippen molar-refractivity contribution in [1.82, 2.24) is 10.2 Å². The molecule has 0 saturated heterocycles. The van der Waals surface area contributed by atoms with E-state index in [1.54, 1.807) is 56.3 Å². The molecular weight excluding hydrogens is 581 g/mol. The number of rotatable bonds is 11. The lowest BCUT2D eigenvalue weighted by Crippen LogP contribution is -2.51. The Bertz CT molecular complexity index is 1430. The van der Waals surface area contributed by atoms with Crippen LogP contribution in [-0.2, 0) is 26.2 Å². The molecule has 3 rings (SSSR count). The number of aryl methyl sites for hydroxylation is 1. The van der Waals surface area contributed by atoms with E-state index in [0.29, 0.717) is 38.4 Å². The van der Waals surface area contributed by atoms with E-state index < -0.39 is 28.5 Å². The fraction of sp³-hybridized carbons (Fsp3) is 0.286. The number of carbonyl (C=O) groups is 2. The van der Waals surface area contributed by atoms with Gasteiger partial charge in [-0.25, -0.2) is 8.42 Å². The molecule has 0 radical (unpaired) electrons. The van der Waals surface area contributed by atoms with Gasteiger partial charge in [0, 0.05) is 28.2 Å². The molecular formula is C28H30Cl3N3O4S. The summed E-state index contributed by atoms with van der Waals surface area (Å²) in [6, 6.07) is 16.5. The molecule has 0 aliphatic carbocycles. The molecule has 0 bridgehead atoms. The Balaban J connectivity index is 2.05. The number of amides is 2. The van der Waals surface area contributed by atoms with E-state index in [9.17, 15) is 18.0 Å². The van der Waals surface area contributed by atoms with Crippen LogP contribution in [0.4, 0.5) is 5.69 Å². The number of hydrogen-bond acceptors (Lipinski definition) is 4. The lowest BCUT2D eigenvalue weighted by atomic mass is 10.1. The van der Waals surface area contributed by atoms with Crippen molar-refractivity contribution in [3.63, 3.8) is 0 Å². The van der Waals surface area contributed by atoms with Gasteiger partial charge in [-0.2, -0.15) is 0 Å². The fourth-order valence-corrected chi connectivity index (χ4v) is 5.98. The molecule has 208 valence electrons. The summed E-state index contributed by atoms with van der Waals surface area (Å²) in [6.07, 6.45) is 0.718. The maximum Gasteiger partial charge on any atom is 0.264 e. The van der Waals surface area contributed by atoms with Crippen LogP contribution in [0.25, 0.3) is 0 Å². The van der Waals surface area contributed by atoms with Gasteiger partial charge in [-0.05, 0) is 73.9 Å². The minimum atomic E-state index is -4.19. The summed E-state index contributed by atoms with van der Waals surface area (Å²) >= 11 is 18.4. The Labute approximate surface area is 244 Å². The van der Waals surface area contributed by atoms with Crippen molar-refractivity contribution in [3.05, 3.63) is 92.9 Å². The zero-order valence-electron chi connectivity index (χ0n) is 21.8. The minimum absolute atomic E-state index is 0.0241. The van der Waals surface area contributed by atoms with Crippen LogP contribution in [0.15, 0.2) is 71.6 Å². The topological polar surface area (TPSA) is 86.8 Å². The molecule has 0 aromatic heterocycles.